The molecule has 3 rings (SSSR count). The van der Waals surface area contributed by atoms with E-state index in [-0.39, 0.29) is 0 Å². The van der Waals surface area contributed by atoms with E-state index in [1.165, 1.54) is 35.8 Å². The number of thiophene rings is 1. The third-order valence-electron chi connectivity index (χ3n) is 4.42. The number of aromatic nitrogens is 2. The first-order chi connectivity index (χ1) is 11.1. The average Bonchev–Trinajstić information content (AvgIpc) is 3.16. The van der Waals surface area contributed by atoms with Gasteiger partial charge in [0.1, 0.15) is 5.82 Å². The van der Waals surface area contributed by atoms with Crippen LogP contribution in [-0.2, 0) is 6.42 Å². The Balaban J connectivity index is 1.62. The first-order valence-corrected chi connectivity index (χ1v) is 10.1. The van der Waals surface area contributed by atoms with Crippen molar-refractivity contribution in [2.45, 2.75) is 39.2 Å². The van der Waals surface area contributed by atoms with Crippen molar-refractivity contribution in [3.8, 4) is 0 Å². The van der Waals surface area contributed by atoms with Gasteiger partial charge in [0.25, 0.3) is 0 Å². The van der Waals surface area contributed by atoms with Gasteiger partial charge in [-0.25, -0.2) is 4.98 Å². The summed E-state index contributed by atoms with van der Waals surface area (Å²) in [7, 11) is 2.25. The van der Waals surface area contributed by atoms with Gasteiger partial charge in [0.2, 0.25) is 5.13 Å². The minimum absolute atomic E-state index is 0.527. The van der Waals surface area contributed by atoms with E-state index in [0.717, 1.165) is 23.9 Å². The van der Waals surface area contributed by atoms with Crippen molar-refractivity contribution in [1.82, 2.24) is 14.3 Å². The van der Waals surface area contributed by atoms with E-state index in [9.17, 15) is 0 Å². The summed E-state index contributed by atoms with van der Waals surface area (Å²) in [5.74, 6) is 2.21. The van der Waals surface area contributed by atoms with Crippen LogP contribution in [-0.4, -0.2) is 34.4 Å². The van der Waals surface area contributed by atoms with Gasteiger partial charge in [0.15, 0.2) is 0 Å². The Bertz CT molecular complexity index is 594. The lowest BCUT2D eigenvalue weighted by molar-refractivity contribution is 0.130. The molecular formula is C17H26N4S2. The molecule has 1 N–H and O–H groups in total. The third-order valence-corrected chi connectivity index (χ3v) is 6.07. The smallest absolute Gasteiger partial charge is 0.202 e. The molecule has 2 unspecified atom stereocenters. The highest BCUT2D eigenvalue weighted by molar-refractivity contribution is 7.10. The number of rotatable bonds is 6. The molecule has 0 amide bonds. The van der Waals surface area contributed by atoms with Gasteiger partial charge in [-0.2, -0.15) is 4.37 Å². The molecule has 0 saturated carbocycles. The number of nitrogens with one attached hydrogen (secondary N) is 1. The van der Waals surface area contributed by atoms with Crippen molar-refractivity contribution >= 4 is 28.0 Å². The van der Waals surface area contributed by atoms with Crippen LogP contribution in [0.1, 0.15) is 43.4 Å². The number of piperidine rings is 1. The summed E-state index contributed by atoms with van der Waals surface area (Å²) in [6.07, 6.45) is 3.51. The van der Waals surface area contributed by atoms with Crippen LogP contribution in [0.3, 0.4) is 0 Å². The van der Waals surface area contributed by atoms with Crippen LogP contribution >= 0.6 is 22.9 Å². The van der Waals surface area contributed by atoms with Crippen molar-refractivity contribution in [2.75, 3.05) is 25.5 Å². The highest BCUT2D eigenvalue weighted by Crippen LogP contribution is 2.37. The Hall–Kier alpha value is -0.980. The van der Waals surface area contributed by atoms with Gasteiger partial charge in [-0.1, -0.05) is 19.9 Å². The van der Waals surface area contributed by atoms with E-state index >= 15 is 0 Å². The molecule has 0 bridgehead atoms. The largest absolute Gasteiger partial charge is 0.360 e. The fourth-order valence-corrected chi connectivity index (χ4v) is 4.96. The Morgan fingerprint density at radius 2 is 2.30 bits per heavy atom. The maximum Gasteiger partial charge on any atom is 0.202 e. The molecule has 1 aliphatic rings. The van der Waals surface area contributed by atoms with Gasteiger partial charge in [-0.05, 0) is 49.7 Å². The second kappa shape index (κ2) is 7.73. The summed E-state index contributed by atoms with van der Waals surface area (Å²) in [6, 6.07) is 4.96. The summed E-state index contributed by atoms with van der Waals surface area (Å²) >= 11 is 3.37. The maximum atomic E-state index is 4.63. The van der Waals surface area contributed by atoms with Crippen LogP contribution in [0.5, 0.6) is 0 Å². The zero-order valence-electron chi connectivity index (χ0n) is 14.2. The molecule has 0 radical (unpaired) electrons. The second-order valence-electron chi connectivity index (χ2n) is 6.84. The zero-order valence-corrected chi connectivity index (χ0v) is 15.8. The van der Waals surface area contributed by atoms with E-state index in [2.05, 4.69) is 58.0 Å². The summed E-state index contributed by atoms with van der Waals surface area (Å²) in [5, 5.41) is 6.70. The summed E-state index contributed by atoms with van der Waals surface area (Å²) in [6.45, 7) is 6.58. The Morgan fingerprint density at radius 3 is 3.04 bits per heavy atom. The van der Waals surface area contributed by atoms with E-state index < -0.39 is 0 Å². The number of hydrogen-bond donors (Lipinski definition) is 1. The quantitative estimate of drug-likeness (QED) is 0.843. The monoisotopic (exact) mass is 350 g/mol. The molecule has 23 heavy (non-hydrogen) atoms. The van der Waals surface area contributed by atoms with E-state index in [4.69, 9.17) is 0 Å². The fraction of sp³-hybridized carbons (Fsp3) is 0.647. The molecular weight excluding hydrogens is 324 g/mol. The molecule has 4 nitrogen and oxygen atoms in total. The Morgan fingerprint density at radius 1 is 1.43 bits per heavy atom. The van der Waals surface area contributed by atoms with Crippen LogP contribution in [0.25, 0.3) is 0 Å². The molecule has 2 atom stereocenters. The van der Waals surface area contributed by atoms with Gasteiger partial charge < -0.3 is 5.32 Å². The van der Waals surface area contributed by atoms with Crippen LogP contribution < -0.4 is 5.32 Å². The molecule has 2 aromatic heterocycles. The van der Waals surface area contributed by atoms with Gasteiger partial charge in [0.05, 0.1) is 0 Å². The van der Waals surface area contributed by atoms with Crippen molar-refractivity contribution < 1.29 is 0 Å². The number of hydrogen-bond acceptors (Lipinski definition) is 6. The maximum absolute atomic E-state index is 4.63. The molecule has 2 aromatic rings. The van der Waals surface area contributed by atoms with E-state index in [0.29, 0.717) is 17.9 Å². The van der Waals surface area contributed by atoms with Gasteiger partial charge in [-0.15, -0.1) is 11.3 Å². The van der Waals surface area contributed by atoms with E-state index in [1.807, 2.05) is 11.3 Å². The number of likely N-dealkylation sites (tertiary alicyclic amines) is 1. The standard InChI is InChI=1S/C17H26N4S2/c1-12(2)10-15-19-17(23-20-15)18-11-13-6-4-8-21(3)16(13)14-7-5-9-22-14/h5,7,9,12-13,16H,4,6,8,10-11H2,1-3H3,(H,18,19,20). The van der Waals surface area contributed by atoms with Crippen molar-refractivity contribution in [2.24, 2.45) is 11.8 Å². The molecule has 6 heteroatoms. The lowest BCUT2D eigenvalue weighted by Crippen LogP contribution is -2.38. The summed E-state index contributed by atoms with van der Waals surface area (Å²) in [5.41, 5.74) is 0. The Labute approximate surface area is 147 Å². The molecule has 1 aliphatic heterocycles. The number of nitrogens with zero attached hydrogens (tertiary/aromatic N) is 3. The SMILES string of the molecule is CC(C)Cc1nsc(NCC2CCCN(C)C2c2cccs2)n1. The van der Waals surface area contributed by atoms with Gasteiger partial charge in [-0.3, -0.25) is 4.90 Å². The first-order valence-electron chi connectivity index (χ1n) is 8.43. The highest BCUT2D eigenvalue weighted by Gasteiger charge is 2.31. The van der Waals surface area contributed by atoms with Crippen LogP contribution in [0.4, 0.5) is 5.13 Å². The fourth-order valence-electron chi connectivity index (χ4n) is 3.37. The average molecular weight is 351 g/mol. The molecule has 0 aromatic carbocycles. The molecule has 1 fully saturated rings. The molecule has 126 valence electrons. The summed E-state index contributed by atoms with van der Waals surface area (Å²) in [4.78, 5) is 8.62. The van der Waals surface area contributed by atoms with Crippen molar-refractivity contribution in [1.29, 1.82) is 0 Å². The lowest BCUT2D eigenvalue weighted by Gasteiger charge is -2.38. The van der Waals surface area contributed by atoms with Gasteiger partial charge in [0, 0.05) is 35.4 Å². The molecule has 1 saturated heterocycles. The van der Waals surface area contributed by atoms with Crippen LogP contribution in [0.2, 0.25) is 0 Å². The van der Waals surface area contributed by atoms with Crippen LogP contribution in [0.15, 0.2) is 17.5 Å². The Kier molecular flexibility index (Phi) is 5.67. The minimum atomic E-state index is 0.527. The first kappa shape index (κ1) is 16.9. The lowest BCUT2D eigenvalue weighted by atomic mass is 9.88. The van der Waals surface area contributed by atoms with Crippen molar-refractivity contribution in [3.05, 3.63) is 28.2 Å². The zero-order chi connectivity index (χ0) is 16.2. The van der Waals surface area contributed by atoms with E-state index in [1.54, 1.807) is 0 Å². The minimum Gasteiger partial charge on any atom is -0.360 e. The normalized spacial score (nSPS) is 22.6. The molecule has 0 aliphatic carbocycles. The van der Waals surface area contributed by atoms with Crippen LogP contribution in [0, 0.1) is 11.8 Å². The predicted molar refractivity (Wildman–Crippen MR) is 99.4 cm³/mol. The predicted octanol–water partition coefficient (Wildman–Crippen LogP) is 4.29. The topological polar surface area (TPSA) is 41.1 Å². The van der Waals surface area contributed by atoms with Gasteiger partial charge >= 0.3 is 0 Å². The summed E-state index contributed by atoms with van der Waals surface area (Å²) < 4.78 is 4.46. The molecule has 3 heterocycles. The third kappa shape index (κ3) is 4.31. The van der Waals surface area contributed by atoms with Crippen molar-refractivity contribution in [3.63, 3.8) is 0 Å². The highest BCUT2D eigenvalue weighted by atomic mass is 32.1. The molecule has 0 spiro atoms. The number of anilines is 1. The second-order valence-corrected chi connectivity index (χ2v) is 8.57.